The first-order valence-corrected chi connectivity index (χ1v) is 3.55. The monoisotopic (exact) mass is 178 g/mol. The predicted octanol–water partition coefficient (Wildman–Crippen LogP) is 1.75. The number of hydrogen-bond acceptors (Lipinski definition) is 3. The maximum absolute atomic E-state index is 10.1. The van der Waals surface area contributed by atoms with E-state index in [-0.39, 0.29) is 5.69 Å². The first-order valence-electron chi connectivity index (χ1n) is 3.55. The molecule has 1 aromatic rings. The molecule has 0 heterocycles. The fourth-order valence-corrected chi connectivity index (χ4v) is 0.926. The van der Waals surface area contributed by atoms with Crippen LogP contribution in [0.2, 0.25) is 0 Å². The zero-order valence-electron chi connectivity index (χ0n) is 7.02. The molecule has 1 aromatic carbocycles. The van der Waals surface area contributed by atoms with Crippen molar-refractivity contribution >= 4 is 17.8 Å². The molecule has 0 saturated carbocycles. The fraction of sp³-hybridized carbons (Fsp3) is 0.125. The Bertz CT molecular complexity index is 357. The molecule has 0 aliphatic carbocycles. The Labute approximate surface area is 74.9 Å². The molecule has 0 atom stereocenters. The van der Waals surface area contributed by atoms with Crippen molar-refractivity contribution in [3.05, 3.63) is 23.2 Å². The SMILES string of the molecule is COc1ccc(NC=O)cc1[N+]#N. The van der Waals surface area contributed by atoms with Gasteiger partial charge >= 0.3 is 5.69 Å². The van der Waals surface area contributed by atoms with Crippen molar-refractivity contribution in [3.8, 4) is 5.75 Å². The zero-order chi connectivity index (χ0) is 9.68. The molecule has 0 saturated heterocycles. The minimum Gasteiger partial charge on any atom is -0.489 e. The minimum atomic E-state index is 0.273. The summed E-state index contributed by atoms with van der Waals surface area (Å²) in [6, 6.07) is 4.73. The van der Waals surface area contributed by atoms with Gasteiger partial charge in [0.05, 0.1) is 13.2 Å². The zero-order valence-corrected chi connectivity index (χ0v) is 7.02. The standard InChI is InChI=1S/C8H7N3O2/c1-13-8-3-2-6(10-5-12)4-7(8)11-9/h2-5H,1H3/p+1. The molecule has 0 aliphatic rings. The molecular weight excluding hydrogens is 170 g/mol. The van der Waals surface area contributed by atoms with Crippen LogP contribution in [-0.4, -0.2) is 13.5 Å². The summed E-state index contributed by atoms with van der Waals surface area (Å²) in [6.07, 6.45) is 0.545. The van der Waals surface area contributed by atoms with Crippen LogP contribution in [0.1, 0.15) is 0 Å². The van der Waals surface area contributed by atoms with Crippen molar-refractivity contribution in [2.24, 2.45) is 0 Å². The van der Waals surface area contributed by atoms with Crippen molar-refractivity contribution < 1.29 is 9.53 Å². The highest BCUT2D eigenvalue weighted by Crippen LogP contribution is 2.29. The summed E-state index contributed by atoms with van der Waals surface area (Å²) in [7, 11) is 1.47. The summed E-state index contributed by atoms with van der Waals surface area (Å²) >= 11 is 0. The number of amides is 1. The third-order valence-electron chi connectivity index (χ3n) is 1.51. The Morgan fingerprint density at radius 3 is 2.92 bits per heavy atom. The lowest BCUT2D eigenvalue weighted by Crippen LogP contribution is -1.93. The Morgan fingerprint density at radius 1 is 1.62 bits per heavy atom. The van der Waals surface area contributed by atoms with Crippen LogP contribution in [0.15, 0.2) is 18.2 Å². The average Bonchev–Trinajstić information content (AvgIpc) is 2.18. The lowest BCUT2D eigenvalue weighted by Gasteiger charge is -1.98. The number of carbonyl (C=O) groups excluding carboxylic acids is 1. The number of carbonyl (C=O) groups is 1. The quantitative estimate of drug-likeness (QED) is 0.566. The second kappa shape index (κ2) is 4.07. The summed E-state index contributed by atoms with van der Waals surface area (Å²) in [5.74, 6) is 0.443. The van der Waals surface area contributed by atoms with Crippen LogP contribution < -0.4 is 10.1 Å². The maximum Gasteiger partial charge on any atom is 0.428 e. The molecule has 0 unspecified atom stereocenters. The van der Waals surface area contributed by atoms with Gasteiger partial charge in [-0.1, -0.05) is 0 Å². The maximum atomic E-state index is 10.1. The van der Waals surface area contributed by atoms with E-state index in [1.54, 1.807) is 12.1 Å². The van der Waals surface area contributed by atoms with E-state index >= 15 is 0 Å². The van der Waals surface area contributed by atoms with Crippen molar-refractivity contribution in [2.45, 2.75) is 0 Å². The third-order valence-corrected chi connectivity index (χ3v) is 1.51. The number of anilines is 1. The highest BCUT2D eigenvalue weighted by Gasteiger charge is 2.14. The molecule has 0 aliphatic heterocycles. The predicted molar refractivity (Wildman–Crippen MR) is 47.4 cm³/mol. The number of methoxy groups -OCH3 is 1. The Kier molecular flexibility index (Phi) is 2.82. The molecule has 1 amide bonds. The van der Waals surface area contributed by atoms with Crippen molar-refractivity contribution in [3.63, 3.8) is 0 Å². The van der Waals surface area contributed by atoms with Gasteiger partial charge in [-0.2, -0.15) is 0 Å². The lowest BCUT2D eigenvalue weighted by molar-refractivity contribution is -0.105. The van der Waals surface area contributed by atoms with Crippen LogP contribution in [0.3, 0.4) is 0 Å². The molecular formula is C8H8N3O2+. The van der Waals surface area contributed by atoms with E-state index in [1.807, 2.05) is 0 Å². The average molecular weight is 178 g/mol. The van der Waals surface area contributed by atoms with Gasteiger partial charge in [-0.3, -0.25) is 4.79 Å². The van der Waals surface area contributed by atoms with Gasteiger partial charge in [-0.15, -0.1) is 0 Å². The van der Waals surface area contributed by atoms with E-state index in [4.69, 9.17) is 10.1 Å². The van der Waals surface area contributed by atoms with Crippen LogP contribution in [0.4, 0.5) is 11.4 Å². The number of nitrogens with zero attached hydrogens (tertiary/aromatic N) is 2. The van der Waals surface area contributed by atoms with Gasteiger partial charge in [-0.05, 0) is 12.1 Å². The summed E-state index contributed by atoms with van der Waals surface area (Å²) in [5.41, 5.74) is 0.818. The van der Waals surface area contributed by atoms with Gasteiger partial charge < -0.3 is 10.1 Å². The molecule has 1 rings (SSSR count). The number of rotatable bonds is 3. The summed E-state index contributed by atoms with van der Waals surface area (Å²) in [5, 5.41) is 11.0. The second-order valence-corrected chi connectivity index (χ2v) is 2.25. The summed E-state index contributed by atoms with van der Waals surface area (Å²) in [6.45, 7) is 0. The van der Waals surface area contributed by atoms with Crippen molar-refractivity contribution in [2.75, 3.05) is 12.4 Å². The van der Waals surface area contributed by atoms with Crippen molar-refractivity contribution in [1.82, 2.24) is 0 Å². The largest absolute Gasteiger partial charge is 0.489 e. The van der Waals surface area contributed by atoms with Gasteiger partial charge in [0.25, 0.3) is 0 Å². The number of benzene rings is 1. The van der Waals surface area contributed by atoms with Gasteiger partial charge in [0.15, 0.2) is 4.98 Å². The second-order valence-electron chi connectivity index (χ2n) is 2.25. The molecule has 0 bridgehead atoms. The number of nitrogens with one attached hydrogen (secondary N) is 1. The molecule has 1 N–H and O–H groups in total. The topological polar surface area (TPSA) is 66.5 Å². The fourth-order valence-electron chi connectivity index (χ4n) is 0.926. The minimum absolute atomic E-state index is 0.273. The highest BCUT2D eigenvalue weighted by atomic mass is 16.5. The van der Waals surface area contributed by atoms with Gasteiger partial charge in [0.1, 0.15) is 0 Å². The van der Waals surface area contributed by atoms with Crippen molar-refractivity contribution in [1.29, 1.82) is 5.39 Å². The van der Waals surface area contributed by atoms with Crippen LogP contribution >= 0.6 is 0 Å². The number of ether oxygens (including phenoxy) is 1. The smallest absolute Gasteiger partial charge is 0.428 e. The third kappa shape index (κ3) is 1.93. The lowest BCUT2D eigenvalue weighted by atomic mass is 10.2. The van der Waals surface area contributed by atoms with Crippen LogP contribution in [0.5, 0.6) is 5.75 Å². The van der Waals surface area contributed by atoms with E-state index in [1.165, 1.54) is 13.2 Å². The molecule has 0 radical (unpaired) electrons. The first kappa shape index (κ1) is 9.00. The van der Waals surface area contributed by atoms with E-state index in [0.29, 0.717) is 17.8 Å². The normalized spacial score (nSPS) is 8.62. The summed E-state index contributed by atoms with van der Waals surface area (Å²) < 4.78 is 4.90. The van der Waals surface area contributed by atoms with Gasteiger partial charge in [0, 0.05) is 5.69 Å². The van der Waals surface area contributed by atoms with Crippen LogP contribution in [-0.2, 0) is 4.79 Å². The van der Waals surface area contributed by atoms with E-state index < -0.39 is 0 Å². The molecule has 0 fully saturated rings. The van der Waals surface area contributed by atoms with Crippen LogP contribution in [0.25, 0.3) is 4.98 Å². The number of diazo groups is 1. The number of hydrogen-bond donors (Lipinski definition) is 1. The molecule has 66 valence electrons. The van der Waals surface area contributed by atoms with E-state index in [2.05, 4.69) is 10.3 Å². The Balaban J connectivity index is 3.07. The Morgan fingerprint density at radius 2 is 2.38 bits per heavy atom. The van der Waals surface area contributed by atoms with Gasteiger partial charge in [0.2, 0.25) is 17.6 Å². The van der Waals surface area contributed by atoms with E-state index in [0.717, 1.165) is 0 Å². The van der Waals surface area contributed by atoms with Crippen LogP contribution in [0, 0.1) is 5.39 Å². The first-order chi connectivity index (χ1) is 6.31. The molecule has 0 aromatic heterocycles. The molecule has 5 nitrogen and oxygen atoms in total. The summed E-state index contributed by atoms with van der Waals surface area (Å²) in [4.78, 5) is 13.1. The molecule has 13 heavy (non-hydrogen) atoms. The Hall–Kier alpha value is -2.09. The molecule has 5 heteroatoms. The molecule has 0 spiro atoms. The van der Waals surface area contributed by atoms with Gasteiger partial charge in [-0.25, -0.2) is 0 Å². The highest BCUT2D eigenvalue weighted by molar-refractivity contribution is 5.75. The van der Waals surface area contributed by atoms with E-state index in [9.17, 15) is 4.79 Å².